The number of fused-ring (bicyclic) bond motifs is 4. The Morgan fingerprint density at radius 2 is 1.45 bits per heavy atom. The minimum atomic E-state index is 0.112. The second-order valence-corrected chi connectivity index (χ2v) is 10.9. The molecule has 5 rings (SSSR count). The van der Waals surface area contributed by atoms with Gasteiger partial charge in [0.1, 0.15) is 5.58 Å². The highest BCUT2D eigenvalue weighted by Crippen LogP contribution is 2.47. The molecular weight excluding hydrogens is 402 g/mol. The smallest absolute Gasteiger partial charge is 0.209 e. The number of anilines is 3. The molecule has 0 radical (unpaired) electrons. The summed E-state index contributed by atoms with van der Waals surface area (Å²) in [7, 11) is 0. The third-order valence-corrected chi connectivity index (χ3v) is 7.06. The highest BCUT2D eigenvalue weighted by atomic mass is 16.4. The SMILES string of the molecule is Cc1ccc2c(c1)CCCc1c(oc3ccc(C)cc13)N2c1c(C)cc(C(C)(C)C)cc1C. The summed E-state index contributed by atoms with van der Waals surface area (Å²) in [5.74, 6) is 0.982. The molecule has 0 bridgehead atoms. The second kappa shape index (κ2) is 7.80. The molecule has 170 valence electrons. The van der Waals surface area contributed by atoms with E-state index in [4.69, 9.17) is 4.42 Å². The van der Waals surface area contributed by atoms with Crippen molar-refractivity contribution in [2.45, 2.75) is 73.1 Å². The molecule has 0 atom stereocenters. The maximum atomic E-state index is 6.67. The van der Waals surface area contributed by atoms with Crippen LogP contribution < -0.4 is 4.90 Å². The van der Waals surface area contributed by atoms with Gasteiger partial charge >= 0.3 is 0 Å². The normalized spacial score (nSPS) is 14.1. The molecule has 0 unspecified atom stereocenters. The van der Waals surface area contributed by atoms with E-state index in [2.05, 4.69) is 102 Å². The van der Waals surface area contributed by atoms with Crippen LogP contribution in [0.1, 0.15) is 66.1 Å². The first-order valence-electron chi connectivity index (χ1n) is 12.2. The van der Waals surface area contributed by atoms with Crippen LogP contribution >= 0.6 is 0 Å². The standard InChI is InChI=1S/C31H35NO/c1-19-11-13-27-23(15-19)9-8-10-25-26-16-20(2)12-14-28(26)33-30(25)32(27)29-21(3)17-24(18-22(29)4)31(5,6)7/h11-18H,8-10H2,1-7H3. The zero-order valence-corrected chi connectivity index (χ0v) is 21.1. The fraction of sp³-hybridized carbons (Fsp3) is 0.355. The van der Waals surface area contributed by atoms with E-state index in [1.165, 1.54) is 55.7 Å². The Kier molecular flexibility index (Phi) is 5.16. The number of nitrogens with zero attached hydrogens (tertiary/aromatic N) is 1. The molecule has 0 amide bonds. The first kappa shape index (κ1) is 21.8. The van der Waals surface area contributed by atoms with Crippen LogP contribution in [-0.4, -0.2) is 0 Å². The van der Waals surface area contributed by atoms with Crippen molar-refractivity contribution < 1.29 is 4.42 Å². The highest BCUT2D eigenvalue weighted by molar-refractivity contribution is 5.92. The van der Waals surface area contributed by atoms with E-state index in [1.54, 1.807) is 0 Å². The van der Waals surface area contributed by atoms with Crippen LogP contribution in [-0.2, 0) is 18.3 Å². The van der Waals surface area contributed by atoms with Gasteiger partial charge in [-0.15, -0.1) is 0 Å². The van der Waals surface area contributed by atoms with Crippen molar-refractivity contribution in [3.63, 3.8) is 0 Å². The zero-order valence-electron chi connectivity index (χ0n) is 21.1. The van der Waals surface area contributed by atoms with Crippen molar-refractivity contribution in [2.75, 3.05) is 4.90 Å². The van der Waals surface area contributed by atoms with Gasteiger partial charge in [0.05, 0.1) is 11.4 Å². The van der Waals surface area contributed by atoms with Gasteiger partial charge in [-0.05, 0) is 92.8 Å². The molecule has 0 aliphatic carbocycles. The molecule has 4 aromatic rings. The number of aryl methyl sites for hydroxylation is 6. The number of benzene rings is 3. The minimum absolute atomic E-state index is 0.112. The molecule has 1 aromatic heterocycles. The second-order valence-electron chi connectivity index (χ2n) is 10.9. The summed E-state index contributed by atoms with van der Waals surface area (Å²) in [6.45, 7) is 15.7. The van der Waals surface area contributed by atoms with Crippen LogP contribution in [0, 0.1) is 27.7 Å². The first-order valence-corrected chi connectivity index (χ1v) is 12.2. The van der Waals surface area contributed by atoms with Gasteiger partial charge in [-0.1, -0.05) is 62.2 Å². The van der Waals surface area contributed by atoms with Crippen LogP contribution in [0.5, 0.6) is 0 Å². The molecular formula is C31H35NO. The van der Waals surface area contributed by atoms with Gasteiger partial charge in [0.25, 0.3) is 0 Å². The lowest BCUT2D eigenvalue weighted by Gasteiger charge is -2.32. The van der Waals surface area contributed by atoms with E-state index in [0.717, 1.165) is 30.7 Å². The van der Waals surface area contributed by atoms with E-state index in [9.17, 15) is 0 Å². The summed E-state index contributed by atoms with van der Waals surface area (Å²) in [6, 6.07) is 18.2. The zero-order chi connectivity index (χ0) is 23.5. The van der Waals surface area contributed by atoms with Crippen molar-refractivity contribution in [3.05, 3.63) is 87.5 Å². The third kappa shape index (κ3) is 3.76. The molecule has 0 N–H and O–H groups in total. The maximum Gasteiger partial charge on any atom is 0.209 e. The number of hydrogen-bond donors (Lipinski definition) is 0. The van der Waals surface area contributed by atoms with Crippen LogP contribution in [0.3, 0.4) is 0 Å². The molecule has 0 saturated carbocycles. The topological polar surface area (TPSA) is 16.4 Å². The average Bonchev–Trinajstić information content (AvgIpc) is 3.06. The predicted molar refractivity (Wildman–Crippen MR) is 141 cm³/mol. The van der Waals surface area contributed by atoms with Gasteiger partial charge < -0.3 is 4.42 Å². The molecule has 0 saturated heterocycles. The first-order chi connectivity index (χ1) is 15.6. The van der Waals surface area contributed by atoms with Gasteiger partial charge in [-0.25, -0.2) is 0 Å². The molecule has 2 heterocycles. The van der Waals surface area contributed by atoms with Crippen molar-refractivity contribution in [1.82, 2.24) is 0 Å². The Morgan fingerprint density at radius 1 is 0.788 bits per heavy atom. The molecule has 2 heteroatoms. The third-order valence-electron chi connectivity index (χ3n) is 7.06. The largest absolute Gasteiger partial charge is 0.439 e. The predicted octanol–water partition coefficient (Wildman–Crippen LogP) is 8.92. The summed E-state index contributed by atoms with van der Waals surface area (Å²) in [4.78, 5) is 2.41. The fourth-order valence-electron chi connectivity index (χ4n) is 5.33. The molecule has 2 nitrogen and oxygen atoms in total. The lowest BCUT2D eigenvalue weighted by atomic mass is 9.84. The fourth-order valence-corrected chi connectivity index (χ4v) is 5.33. The highest BCUT2D eigenvalue weighted by Gasteiger charge is 2.29. The lowest BCUT2D eigenvalue weighted by molar-refractivity contribution is 0.588. The Morgan fingerprint density at radius 3 is 2.15 bits per heavy atom. The van der Waals surface area contributed by atoms with Crippen LogP contribution in [0.2, 0.25) is 0 Å². The lowest BCUT2D eigenvalue weighted by Crippen LogP contribution is -2.19. The summed E-state index contributed by atoms with van der Waals surface area (Å²) >= 11 is 0. The molecule has 33 heavy (non-hydrogen) atoms. The maximum absolute atomic E-state index is 6.67. The van der Waals surface area contributed by atoms with E-state index < -0.39 is 0 Å². The van der Waals surface area contributed by atoms with Crippen molar-refractivity contribution in [1.29, 1.82) is 0 Å². The van der Waals surface area contributed by atoms with Crippen molar-refractivity contribution >= 4 is 28.2 Å². The molecule has 1 aliphatic heterocycles. The molecule has 0 spiro atoms. The van der Waals surface area contributed by atoms with Gasteiger partial charge in [0.15, 0.2) is 0 Å². The summed E-state index contributed by atoms with van der Waals surface area (Å²) in [6.07, 6.45) is 3.22. The van der Waals surface area contributed by atoms with E-state index in [1.807, 2.05) is 0 Å². The minimum Gasteiger partial charge on any atom is -0.439 e. The van der Waals surface area contributed by atoms with Gasteiger partial charge in [0.2, 0.25) is 5.88 Å². The Labute approximate surface area is 198 Å². The molecule has 3 aromatic carbocycles. The molecule has 1 aliphatic rings. The Balaban J connectivity index is 1.84. The number of rotatable bonds is 1. The van der Waals surface area contributed by atoms with Crippen LogP contribution in [0.4, 0.5) is 17.3 Å². The van der Waals surface area contributed by atoms with Gasteiger partial charge in [0, 0.05) is 10.9 Å². The molecule has 0 fully saturated rings. The monoisotopic (exact) mass is 437 g/mol. The Hall–Kier alpha value is -3.00. The number of furan rings is 1. The van der Waals surface area contributed by atoms with Gasteiger partial charge in [-0.2, -0.15) is 0 Å². The van der Waals surface area contributed by atoms with Crippen molar-refractivity contribution in [2.24, 2.45) is 0 Å². The van der Waals surface area contributed by atoms with Crippen LogP contribution in [0.15, 0.2) is 52.9 Å². The van der Waals surface area contributed by atoms with Gasteiger partial charge in [-0.3, -0.25) is 4.90 Å². The van der Waals surface area contributed by atoms with Crippen LogP contribution in [0.25, 0.3) is 11.0 Å². The van der Waals surface area contributed by atoms with E-state index in [-0.39, 0.29) is 5.41 Å². The summed E-state index contributed by atoms with van der Waals surface area (Å²) in [5.41, 5.74) is 12.8. The quantitative estimate of drug-likeness (QED) is 0.295. The van der Waals surface area contributed by atoms with Crippen molar-refractivity contribution in [3.8, 4) is 0 Å². The summed E-state index contributed by atoms with van der Waals surface area (Å²) in [5, 5.41) is 1.26. The van der Waals surface area contributed by atoms with E-state index >= 15 is 0 Å². The summed E-state index contributed by atoms with van der Waals surface area (Å²) < 4.78 is 6.67. The Bertz CT molecular complexity index is 1340. The average molecular weight is 438 g/mol. The van der Waals surface area contributed by atoms with E-state index in [0.29, 0.717) is 0 Å². The number of hydrogen-bond acceptors (Lipinski definition) is 2.